The predicted molar refractivity (Wildman–Crippen MR) is 117 cm³/mol. The average molecular weight is 455 g/mol. The van der Waals surface area contributed by atoms with Crippen LogP contribution in [0.25, 0.3) is 0 Å². The van der Waals surface area contributed by atoms with Crippen LogP contribution in [0.15, 0.2) is 72.8 Å². The lowest BCUT2D eigenvalue weighted by Crippen LogP contribution is -2.37. The second-order valence-electron chi connectivity index (χ2n) is 7.36. The molecular weight excluding hydrogens is 439 g/mol. The molecule has 2 saturated heterocycles. The number of fused-ring (bicyclic) bond motifs is 1. The summed E-state index contributed by atoms with van der Waals surface area (Å²) < 4.78 is 0. The number of hydrogen-bond acceptors (Lipinski definition) is 5. The fourth-order valence-corrected chi connectivity index (χ4v) is 4.43. The van der Waals surface area contributed by atoms with Crippen molar-refractivity contribution >= 4 is 46.4 Å². The Morgan fingerprint density at radius 1 is 0.806 bits per heavy atom. The van der Waals surface area contributed by atoms with Gasteiger partial charge in [-0.1, -0.05) is 53.5 Å². The van der Waals surface area contributed by atoms with E-state index >= 15 is 0 Å². The summed E-state index contributed by atoms with van der Waals surface area (Å²) in [6, 6.07) is 19.8. The highest BCUT2D eigenvalue weighted by molar-refractivity contribution is 6.42. The van der Waals surface area contributed by atoms with E-state index in [1.807, 2.05) is 30.3 Å². The number of para-hydroxylation sites is 1. The van der Waals surface area contributed by atoms with Crippen molar-refractivity contribution in [1.82, 2.24) is 0 Å². The Bertz CT molecular complexity index is 1190. The molecule has 5 rings (SSSR count). The average Bonchev–Trinajstić information content (AvgIpc) is 3.27. The van der Waals surface area contributed by atoms with Gasteiger partial charge in [-0.15, -0.1) is 0 Å². The number of carbonyl (C=O) groups is 2. The third kappa shape index (κ3) is 3.24. The van der Waals surface area contributed by atoms with Crippen LogP contribution in [0, 0.1) is 5.92 Å². The van der Waals surface area contributed by atoms with E-state index < -0.39 is 29.9 Å². The second kappa shape index (κ2) is 7.57. The summed E-state index contributed by atoms with van der Waals surface area (Å²) in [6.07, 6.45) is -1.01. The van der Waals surface area contributed by atoms with Gasteiger partial charge >= 0.3 is 0 Å². The predicted octanol–water partition coefficient (Wildman–Crippen LogP) is 4.75. The lowest BCUT2D eigenvalue weighted by Gasteiger charge is -2.28. The number of phenolic OH excluding ortho intramolecular Hbond substituents is 1. The number of halogens is 2. The van der Waals surface area contributed by atoms with Crippen LogP contribution < -0.4 is 9.96 Å². The molecule has 31 heavy (non-hydrogen) atoms. The molecule has 0 aliphatic carbocycles. The fraction of sp³-hybridized carbons (Fsp3) is 0.130. The zero-order valence-corrected chi connectivity index (χ0v) is 17.5. The lowest BCUT2D eigenvalue weighted by atomic mass is 9.90. The van der Waals surface area contributed by atoms with E-state index in [0.29, 0.717) is 22.0 Å². The molecule has 0 aromatic heterocycles. The number of aromatic hydroxyl groups is 1. The first-order valence-corrected chi connectivity index (χ1v) is 10.3. The molecular formula is C23H16Cl2N2O4. The van der Waals surface area contributed by atoms with Gasteiger partial charge in [0, 0.05) is 0 Å². The van der Waals surface area contributed by atoms with Crippen molar-refractivity contribution in [2.75, 3.05) is 9.96 Å². The van der Waals surface area contributed by atoms with Gasteiger partial charge in [0.25, 0.3) is 5.91 Å². The molecule has 0 spiro atoms. The van der Waals surface area contributed by atoms with Crippen LogP contribution in [-0.2, 0) is 14.4 Å². The summed E-state index contributed by atoms with van der Waals surface area (Å²) in [7, 11) is 0. The number of hydroxylamine groups is 1. The van der Waals surface area contributed by atoms with Crippen LogP contribution in [0.1, 0.15) is 11.6 Å². The Labute approximate surface area is 188 Å². The largest absolute Gasteiger partial charge is 0.508 e. The Morgan fingerprint density at radius 3 is 2.29 bits per heavy atom. The van der Waals surface area contributed by atoms with E-state index in [2.05, 4.69) is 0 Å². The van der Waals surface area contributed by atoms with Crippen LogP contribution in [0.2, 0.25) is 10.0 Å². The number of anilines is 2. The molecule has 3 aromatic rings. The summed E-state index contributed by atoms with van der Waals surface area (Å²) in [5.74, 6) is -1.62. The van der Waals surface area contributed by atoms with Crippen molar-refractivity contribution in [2.45, 2.75) is 12.1 Å². The van der Waals surface area contributed by atoms with E-state index in [9.17, 15) is 14.7 Å². The van der Waals surface area contributed by atoms with Crippen LogP contribution in [-0.4, -0.2) is 23.0 Å². The van der Waals surface area contributed by atoms with E-state index in [1.54, 1.807) is 35.4 Å². The van der Waals surface area contributed by atoms with Gasteiger partial charge in [0.2, 0.25) is 5.91 Å². The first kappa shape index (κ1) is 19.9. The fourth-order valence-electron chi connectivity index (χ4n) is 4.14. The van der Waals surface area contributed by atoms with Gasteiger partial charge in [0.15, 0.2) is 6.10 Å². The summed E-state index contributed by atoms with van der Waals surface area (Å²) in [5, 5.41) is 12.2. The van der Waals surface area contributed by atoms with Gasteiger partial charge in [-0.2, -0.15) is 0 Å². The van der Waals surface area contributed by atoms with Crippen molar-refractivity contribution in [3.63, 3.8) is 0 Å². The van der Waals surface area contributed by atoms with Crippen molar-refractivity contribution in [1.29, 1.82) is 0 Å². The van der Waals surface area contributed by atoms with Crippen molar-refractivity contribution in [3.05, 3.63) is 88.4 Å². The number of rotatable bonds is 3. The normalized spacial score (nSPS) is 22.8. The van der Waals surface area contributed by atoms with Crippen LogP contribution >= 0.6 is 23.2 Å². The summed E-state index contributed by atoms with van der Waals surface area (Å²) in [4.78, 5) is 33.9. The first-order valence-electron chi connectivity index (χ1n) is 9.58. The van der Waals surface area contributed by atoms with Crippen molar-refractivity contribution in [3.8, 4) is 5.75 Å². The van der Waals surface area contributed by atoms with E-state index in [0.717, 1.165) is 4.90 Å². The summed E-state index contributed by atoms with van der Waals surface area (Å²) in [6.45, 7) is 0. The highest BCUT2D eigenvalue weighted by Crippen LogP contribution is 2.48. The first-order chi connectivity index (χ1) is 15.0. The van der Waals surface area contributed by atoms with E-state index in [1.165, 1.54) is 12.1 Å². The standard InChI is InChI=1S/C23H16Cl2N2O4/c24-17-10-9-15(12-18(17)25)26-22(29)19-20(13-5-4-8-16(28)11-13)27(31-21(19)23(26)30)14-6-2-1-3-7-14/h1-12,19-21,28H/t19-,20+,21-/m1/s1. The number of amides is 2. The Kier molecular flexibility index (Phi) is 4.85. The maximum absolute atomic E-state index is 13.5. The van der Waals surface area contributed by atoms with Gasteiger partial charge < -0.3 is 5.11 Å². The number of nitrogens with zero attached hydrogens (tertiary/aromatic N) is 2. The highest BCUT2D eigenvalue weighted by Gasteiger charge is 2.60. The molecule has 2 aliphatic heterocycles. The Morgan fingerprint density at radius 2 is 1.58 bits per heavy atom. The Hall–Kier alpha value is -3.06. The smallest absolute Gasteiger partial charge is 0.266 e. The number of carbonyl (C=O) groups excluding carboxylic acids is 2. The molecule has 0 saturated carbocycles. The molecule has 1 N–H and O–H groups in total. The van der Waals surface area contributed by atoms with E-state index in [-0.39, 0.29) is 10.8 Å². The minimum atomic E-state index is -1.01. The zero-order valence-electron chi connectivity index (χ0n) is 16.0. The quantitative estimate of drug-likeness (QED) is 0.578. The molecule has 8 heteroatoms. The van der Waals surface area contributed by atoms with Crippen molar-refractivity contribution < 1.29 is 19.5 Å². The molecule has 2 amide bonds. The Balaban J connectivity index is 1.59. The SMILES string of the molecule is O=C1[C@H]2[C@@H](ON(c3ccccc3)[C@H]2c2cccc(O)c2)C(=O)N1c1ccc(Cl)c(Cl)c1. The number of phenols is 1. The molecule has 156 valence electrons. The molecule has 2 fully saturated rings. The number of imide groups is 1. The van der Waals surface area contributed by atoms with E-state index in [4.69, 9.17) is 28.0 Å². The monoisotopic (exact) mass is 454 g/mol. The minimum Gasteiger partial charge on any atom is -0.508 e. The maximum atomic E-state index is 13.5. The lowest BCUT2D eigenvalue weighted by molar-refractivity contribution is -0.126. The van der Waals surface area contributed by atoms with Crippen LogP contribution in [0.5, 0.6) is 5.75 Å². The van der Waals surface area contributed by atoms with Gasteiger partial charge in [-0.25, -0.2) is 9.96 Å². The van der Waals surface area contributed by atoms with Crippen LogP contribution in [0.4, 0.5) is 11.4 Å². The topological polar surface area (TPSA) is 70.1 Å². The summed E-state index contributed by atoms with van der Waals surface area (Å²) >= 11 is 12.1. The third-order valence-corrected chi connectivity index (χ3v) is 6.24. The number of benzene rings is 3. The molecule has 0 radical (unpaired) electrons. The molecule has 3 aromatic carbocycles. The molecule has 2 heterocycles. The van der Waals surface area contributed by atoms with Gasteiger partial charge in [-0.3, -0.25) is 14.4 Å². The third-order valence-electron chi connectivity index (χ3n) is 5.50. The van der Waals surface area contributed by atoms with Gasteiger partial charge in [0.05, 0.1) is 27.5 Å². The molecule has 6 nitrogen and oxygen atoms in total. The highest BCUT2D eigenvalue weighted by atomic mass is 35.5. The van der Waals surface area contributed by atoms with Gasteiger partial charge in [-0.05, 0) is 48.0 Å². The number of hydrogen-bond donors (Lipinski definition) is 1. The molecule has 2 aliphatic rings. The second-order valence-corrected chi connectivity index (χ2v) is 8.18. The van der Waals surface area contributed by atoms with Crippen molar-refractivity contribution in [2.24, 2.45) is 5.92 Å². The molecule has 3 atom stereocenters. The van der Waals surface area contributed by atoms with Gasteiger partial charge in [0.1, 0.15) is 11.7 Å². The zero-order chi connectivity index (χ0) is 21.7. The van der Waals surface area contributed by atoms with Crippen LogP contribution in [0.3, 0.4) is 0 Å². The molecule has 0 unspecified atom stereocenters. The molecule has 0 bridgehead atoms. The summed E-state index contributed by atoms with van der Waals surface area (Å²) in [5.41, 5.74) is 1.70. The minimum absolute atomic E-state index is 0.0621. The maximum Gasteiger partial charge on any atom is 0.266 e.